The van der Waals surface area contributed by atoms with Crippen LogP contribution >= 0.6 is 0 Å². The van der Waals surface area contributed by atoms with Crippen LogP contribution < -0.4 is 4.90 Å². The van der Waals surface area contributed by atoms with Crippen molar-refractivity contribution in [2.75, 3.05) is 50.4 Å². The van der Waals surface area contributed by atoms with Gasteiger partial charge < -0.3 is 9.80 Å². The number of hydrogen-bond acceptors (Lipinski definition) is 5. The minimum atomic E-state index is -3.16. The molecule has 0 unspecified atom stereocenters. The van der Waals surface area contributed by atoms with Crippen LogP contribution in [0, 0.1) is 0 Å². The molecule has 0 atom stereocenters. The minimum absolute atomic E-state index is 0.0781. The number of hydrogen-bond donors (Lipinski definition) is 0. The minimum Gasteiger partial charge on any atom is -0.357 e. The molecule has 2 rings (SSSR count). The van der Waals surface area contributed by atoms with Gasteiger partial charge in [-0.2, -0.15) is 4.31 Å². The lowest BCUT2D eigenvalue weighted by Crippen LogP contribution is -2.50. The molecule has 2 heterocycles. The van der Waals surface area contributed by atoms with Gasteiger partial charge in [-0.25, -0.2) is 13.4 Å². The molecule has 1 aliphatic rings. The molecule has 1 aliphatic heterocycles. The average molecular weight is 369 g/mol. The van der Waals surface area contributed by atoms with Crippen molar-refractivity contribution in [3.8, 4) is 0 Å². The number of aryl methyl sites for hydroxylation is 1. The molecule has 1 fully saturated rings. The number of rotatable bonds is 7. The van der Waals surface area contributed by atoms with Crippen molar-refractivity contribution in [3.63, 3.8) is 0 Å². The van der Waals surface area contributed by atoms with E-state index in [-0.39, 0.29) is 5.91 Å². The fourth-order valence-electron chi connectivity index (χ4n) is 3.02. The molecule has 1 saturated heterocycles. The summed E-state index contributed by atoms with van der Waals surface area (Å²) in [6, 6.07) is 3.99. The van der Waals surface area contributed by atoms with Gasteiger partial charge in [0.2, 0.25) is 15.9 Å². The summed E-state index contributed by atoms with van der Waals surface area (Å²) in [5.41, 5.74) is 1.10. The highest BCUT2D eigenvalue weighted by molar-refractivity contribution is 7.88. The van der Waals surface area contributed by atoms with E-state index in [9.17, 15) is 13.2 Å². The highest BCUT2D eigenvalue weighted by Gasteiger charge is 2.25. The van der Waals surface area contributed by atoms with Crippen LogP contribution in [-0.2, 0) is 21.2 Å². The average Bonchev–Trinajstić information content (AvgIpc) is 2.60. The van der Waals surface area contributed by atoms with Gasteiger partial charge in [-0.15, -0.1) is 0 Å². The first-order chi connectivity index (χ1) is 11.8. The highest BCUT2D eigenvalue weighted by Crippen LogP contribution is 2.15. The molecule has 8 heteroatoms. The second-order valence-corrected chi connectivity index (χ2v) is 8.22. The zero-order chi connectivity index (χ0) is 18.4. The van der Waals surface area contributed by atoms with E-state index >= 15 is 0 Å². The van der Waals surface area contributed by atoms with Crippen LogP contribution in [-0.4, -0.2) is 74.0 Å². The van der Waals surface area contributed by atoms with Crippen LogP contribution in [0.1, 0.15) is 25.8 Å². The fraction of sp³-hybridized carbons (Fsp3) is 0.647. The number of carbonyl (C=O) groups is 1. The van der Waals surface area contributed by atoms with Gasteiger partial charge in [-0.05, 0) is 38.0 Å². The number of aromatic nitrogens is 1. The lowest BCUT2D eigenvalue weighted by atomic mass is 10.1. The third-order valence-corrected chi connectivity index (χ3v) is 5.89. The van der Waals surface area contributed by atoms with E-state index in [0.717, 1.165) is 24.5 Å². The van der Waals surface area contributed by atoms with Crippen LogP contribution in [0.5, 0.6) is 0 Å². The van der Waals surface area contributed by atoms with Crippen molar-refractivity contribution in [2.24, 2.45) is 0 Å². The molecule has 0 radical (unpaired) electrons. The number of anilines is 1. The number of piperazine rings is 1. The van der Waals surface area contributed by atoms with Crippen LogP contribution in [0.4, 0.5) is 5.82 Å². The van der Waals surface area contributed by atoms with Crippen molar-refractivity contribution in [2.45, 2.75) is 26.7 Å². The van der Waals surface area contributed by atoms with E-state index in [1.165, 1.54) is 10.6 Å². The number of carbonyl (C=O) groups excluding carboxylic acids is 1. The van der Waals surface area contributed by atoms with Crippen LogP contribution in [0.15, 0.2) is 18.3 Å². The normalized spacial score (nSPS) is 16.0. The highest BCUT2D eigenvalue weighted by atomic mass is 32.2. The van der Waals surface area contributed by atoms with Gasteiger partial charge in [0, 0.05) is 51.9 Å². The molecule has 1 aromatic rings. The molecule has 0 N–H and O–H groups in total. The van der Waals surface area contributed by atoms with E-state index in [2.05, 4.69) is 23.7 Å². The largest absolute Gasteiger partial charge is 0.357 e. The number of sulfonamides is 1. The van der Waals surface area contributed by atoms with E-state index in [0.29, 0.717) is 39.0 Å². The Hall–Kier alpha value is -1.67. The lowest BCUT2D eigenvalue weighted by Gasteiger charge is -2.33. The summed E-state index contributed by atoms with van der Waals surface area (Å²) < 4.78 is 24.5. The molecular formula is C17H28N4O3S. The monoisotopic (exact) mass is 368 g/mol. The maximum absolute atomic E-state index is 12.4. The predicted molar refractivity (Wildman–Crippen MR) is 99.1 cm³/mol. The molecule has 1 aromatic heterocycles. The van der Waals surface area contributed by atoms with Crippen molar-refractivity contribution < 1.29 is 13.2 Å². The van der Waals surface area contributed by atoms with Crippen molar-refractivity contribution in [3.05, 3.63) is 23.9 Å². The van der Waals surface area contributed by atoms with Gasteiger partial charge in [0.15, 0.2) is 0 Å². The first-order valence-electron chi connectivity index (χ1n) is 8.78. The predicted octanol–water partition coefficient (Wildman–Crippen LogP) is 0.964. The Labute approximate surface area is 150 Å². The number of pyridine rings is 1. The Morgan fingerprint density at radius 2 is 1.84 bits per heavy atom. The first-order valence-corrected chi connectivity index (χ1v) is 10.6. The van der Waals surface area contributed by atoms with Gasteiger partial charge in [0.05, 0.1) is 6.26 Å². The Kier molecular flexibility index (Phi) is 6.78. The SMILES string of the molecule is CCN(CC)c1cc(CCC(=O)N2CCN(S(C)(=O)=O)CC2)ccn1. The molecular weight excluding hydrogens is 340 g/mol. The van der Waals surface area contributed by atoms with Gasteiger partial charge in [0.25, 0.3) is 0 Å². The lowest BCUT2D eigenvalue weighted by molar-refractivity contribution is -0.132. The van der Waals surface area contributed by atoms with Gasteiger partial charge in [-0.3, -0.25) is 4.79 Å². The summed E-state index contributed by atoms with van der Waals surface area (Å²) in [4.78, 5) is 20.7. The van der Waals surface area contributed by atoms with Crippen molar-refractivity contribution >= 4 is 21.7 Å². The first kappa shape index (κ1) is 19.7. The van der Waals surface area contributed by atoms with Crippen molar-refractivity contribution in [1.82, 2.24) is 14.2 Å². The zero-order valence-electron chi connectivity index (χ0n) is 15.3. The molecule has 0 aromatic carbocycles. The summed E-state index contributed by atoms with van der Waals surface area (Å²) in [6.07, 6.45) is 4.10. The maximum Gasteiger partial charge on any atom is 0.222 e. The Morgan fingerprint density at radius 3 is 2.40 bits per heavy atom. The van der Waals surface area contributed by atoms with Crippen molar-refractivity contribution in [1.29, 1.82) is 0 Å². The Morgan fingerprint density at radius 1 is 1.20 bits per heavy atom. The molecule has 0 aliphatic carbocycles. The summed E-state index contributed by atoms with van der Waals surface area (Å²) >= 11 is 0. The molecule has 7 nitrogen and oxygen atoms in total. The molecule has 140 valence electrons. The van der Waals surface area contributed by atoms with E-state index in [4.69, 9.17) is 0 Å². The maximum atomic E-state index is 12.4. The quantitative estimate of drug-likeness (QED) is 0.717. The summed E-state index contributed by atoms with van der Waals surface area (Å²) in [6.45, 7) is 7.68. The van der Waals surface area contributed by atoms with Gasteiger partial charge in [-0.1, -0.05) is 0 Å². The molecule has 25 heavy (non-hydrogen) atoms. The number of amides is 1. The van der Waals surface area contributed by atoms with E-state index < -0.39 is 10.0 Å². The summed E-state index contributed by atoms with van der Waals surface area (Å²) in [5, 5.41) is 0. The van der Waals surface area contributed by atoms with E-state index in [1.54, 1.807) is 11.1 Å². The van der Waals surface area contributed by atoms with E-state index in [1.807, 2.05) is 12.1 Å². The molecule has 0 spiro atoms. The summed E-state index contributed by atoms with van der Waals surface area (Å²) in [5.74, 6) is 1.02. The molecule has 0 saturated carbocycles. The van der Waals surface area contributed by atoms with Gasteiger partial charge >= 0.3 is 0 Å². The van der Waals surface area contributed by atoms with Crippen LogP contribution in [0.25, 0.3) is 0 Å². The zero-order valence-corrected chi connectivity index (χ0v) is 16.1. The van der Waals surface area contributed by atoms with Crippen LogP contribution in [0.2, 0.25) is 0 Å². The number of nitrogens with zero attached hydrogens (tertiary/aromatic N) is 4. The molecule has 1 amide bonds. The summed E-state index contributed by atoms with van der Waals surface area (Å²) in [7, 11) is -3.16. The third-order valence-electron chi connectivity index (χ3n) is 4.59. The third kappa shape index (κ3) is 5.40. The second kappa shape index (κ2) is 8.62. The smallest absolute Gasteiger partial charge is 0.222 e. The standard InChI is InChI=1S/C17H28N4O3S/c1-4-19(5-2)16-14-15(8-9-18-16)6-7-17(22)20-10-12-21(13-11-20)25(3,23)24/h8-9,14H,4-7,10-13H2,1-3H3. The fourth-order valence-corrected chi connectivity index (χ4v) is 3.84. The Balaban J connectivity index is 1.87. The Bertz CT molecular complexity index is 681. The second-order valence-electron chi connectivity index (χ2n) is 6.24. The van der Waals surface area contributed by atoms with Crippen LogP contribution in [0.3, 0.4) is 0 Å². The van der Waals surface area contributed by atoms with Gasteiger partial charge in [0.1, 0.15) is 5.82 Å². The molecule has 0 bridgehead atoms. The topological polar surface area (TPSA) is 73.8 Å².